The number of hydrogen-bond acceptors (Lipinski definition) is 3. The molecule has 0 spiro atoms. The lowest BCUT2D eigenvalue weighted by molar-refractivity contribution is 0.356. The standard InChI is InChI=1S/C16H26N2O/c1-11-7-12(2)10-18(9-11)14-5-6-15(13(3)17-4)16(19)8-14/h5-6,8,11-13,17,19H,7,9-10H2,1-4H3. The summed E-state index contributed by atoms with van der Waals surface area (Å²) in [5.74, 6) is 1.84. The van der Waals surface area contributed by atoms with Gasteiger partial charge >= 0.3 is 0 Å². The van der Waals surface area contributed by atoms with Gasteiger partial charge in [0, 0.05) is 36.4 Å². The fraction of sp³-hybridized carbons (Fsp3) is 0.625. The highest BCUT2D eigenvalue weighted by atomic mass is 16.3. The number of hydrogen-bond donors (Lipinski definition) is 2. The third kappa shape index (κ3) is 3.21. The van der Waals surface area contributed by atoms with Crippen LogP contribution in [-0.4, -0.2) is 25.2 Å². The first-order valence-electron chi connectivity index (χ1n) is 7.26. The molecule has 2 rings (SSSR count). The molecule has 3 heteroatoms. The Balaban J connectivity index is 2.19. The molecule has 1 heterocycles. The second kappa shape index (κ2) is 5.83. The Morgan fingerprint density at radius 2 is 1.89 bits per heavy atom. The fourth-order valence-electron chi connectivity index (χ4n) is 3.12. The lowest BCUT2D eigenvalue weighted by atomic mass is 9.91. The van der Waals surface area contributed by atoms with Crippen molar-refractivity contribution in [2.24, 2.45) is 11.8 Å². The van der Waals surface area contributed by atoms with Crippen LogP contribution < -0.4 is 10.2 Å². The minimum absolute atomic E-state index is 0.174. The zero-order valence-electron chi connectivity index (χ0n) is 12.5. The van der Waals surface area contributed by atoms with Crippen molar-refractivity contribution in [1.29, 1.82) is 0 Å². The molecule has 0 aliphatic carbocycles. The topological polar surface area (TPSA) is 35.5 Å². The average molecular weight is 262 g/mol. The summed E-state index contributed by atoms with van der Waals surface area (Å²) < 4.78 is 0. The Bertz CT molecular complexity index is 423. The van der Waals surface area contributed by atoms with Gasteiger partial charge in [-0.25, -0.2) is 0 Å². The van der Waals surface area contributed by atoms with Gasteiger partial charge in [-0.15, -0.1) is 0 Å². The van der Waals surface area contributed by atoms with Gasteiger partial charge in [0.15, 0.2) is 0 Å². The maximum atomic E-state index is 10.2. The van der Waals surface area contributed by atoms with E-state index in [1.807, 2.05) is 19.2 Å². The molecule has 3 atom stereocenters. The molecule has 0 bridgehead atoms. The molecule has 106 valence electrons. The van der Waals surface area contributed by atoms with E-state index in [1.165, 1.54) is 6.42 Å². The van der Waals surface area contributed by atoms with Crippen molar-refractivity contribution in [3.63, 3.8) is 0 Å². The number of rotatable bonds is 3. The molecule has 1 aromatic rings. The van der Waals surface area contributed by atoms with Crippen molar-refractivity contribution in [3.8, 4) is 5.75 Å². The number of nitrogens with one attached hydrogen (secondary N) is 1. The summed E-state index contributed by atoms with van der Waals surface area (Å²) in [5, 5.41) is 13.4. The maximum absolute atomic E-state index is 10.2. The van der Waals surface area contributed by atoms with Crippen molar-refractivity contribution in [3.05, 3.63) is 23.8 Å². The van der Waals surface area contributed by atoms with Crippen LogP contribution in [0.2, 0.25) is 0 Å². The summed E-state index contributed by atoms with van der Waals surface area (Å²) in [6.07, 6.45) is 1.30. The fourth-order valence-corrected chi connectivity index (χ4v) is 3.12. The van der Waals surface area contributed by atoms with Gasteiger partial charge in [0.2, 0.25) is 0 Å². The van der Waals surface area contributed by atoms with Crippen molar-refractivity contribution in [1.82, 2.24) is 5.32 Å². The van der Waals surface area contributed by atoms with E-state index in [9.17, 15) is 5.11 Å². The number of piperidine rings is 1. The molecule has 1 fully saturated rings. The number of phenolic OH excluding ortho intramolecular Hbond substituents is 1. The summed E-state index contributed by atoms with van der Waals surface area (Å²) in [5.41, 5.74) is 2.10. The monoisotopic (exact) mass is 262 g/mol. The molecule has 1 aliphatic rings. The van der Waals surface area contributed by atoms with Gasteiger partial charge in [-0.3, -0.25) is 0 Å². The van der Waals surface area contributed by atoms with Crippen molar-refractivity contribution < 1.29 is 5.11 Å². The maximum Gasteiger partial charge on any atom is 0.122 e. The SMILES string of the molecule is CNC(C)c1ccc(N2CC(C)CC(C)C2)cc1O. The second-order valence-corrected chi connectivity index (χ2v) is 6.10. The quantitative estimate of drug-likeness (QED) is 0.878. The predicted molar refractivity (Wildman–Crippen MR) is 80.7 cm³/mol. The van der Waals surface area contributed by atoms with E-state index in [0.29, 0.717) is 5.75 Å². The van der Waals surface area contributed by atoms with Crippen LogP contribution in [0.25, 0.3) is 0 Å². The van der Waals surface area contributed by atoms with Crippen LogP contribution in [-0.2, 0) is 0 Å². The molecular weight excluding hydrogens is 236 g/mol. The molecule has 0 amide bonds. The smallest absolute Gasteiger partial charge is 0.122 e. The molecule has 1 saturated heterocycles. The van der Waals surface area contributed by atoms with Gasteiger partial charge in [-0.2, -0.15) is 0 Å². The molecule has 3 nitrogen and oxygen atoms in total. The van der Waals surface area contributed by atoms with Gasteiger partial charge in [-0.05, 0) is 38.3 Å². The number of phenols is 1. The van der Waals surface area contributed by atoms with Gasteiger partial charge in [0.05, 0.1) is 0 Å². The third-order valence-electron chi connectivity index (χ3n) is 4.15. The van der Waals surface area contributed by atoms with Crippen LogP contribution in [0.5, 0.6) is 5.75 Å². The van der Waals surface area contributed by atoms with Crippen LogP contribution in [0.15, 0.2) is 18.2 Å². The summed E-state index contributed by atoms with van der Waals surface area (Å²) in [7, 11) is 1.91. The highest BCUT2D eigenvalue weighted by Crippen LogP contribution is 2.32. The normalized spacial score (nSPS) is 25.4. The van der Waals surface area contributed by atoms with Crippen LogP contribution >= 0.6 is 0 Å². The Kier molecular flexibility index (Phi) is 4.35. The van der Waals surface area contributed by atoms with Crippen LogP contribution in [0.4, 0.5) is 5.69 Å². The summed E-state index contributed by atoms with van der Waals surface area (Å²) in [4.78, 5) is 2.40. The number of benzene rings is 1. The molecule has 0 radical (unpaired) electrons. The lowest BCUT2D eigenvalue weighted by Gasteiger charge is -2.36. The Morgan fingerprint density at radius 1 is 1.26 bits per heavy atom. The third-order valence-corrected chi connectivity index (χ3v) is 4.15. The van der Waals surface area contributed by atoms with Crippen LogP contribution in [0.1, 0.15) is 38.8 Å². The molecule has 19 heavy (non-hydrogen) atoms. The number of nitrogens with zero attached hydrogens (tertiary/aromatic N) is 1. The number of anilines is 1. The van der Waals surface area contributed by atoms with Crippen molar-refractivity contribution >= 4 is 5.69 Å². The van der Waals surface area contributed by atoms with E-state index >= 15 is 0 Å². The predicted octanol–water partition coefficient (Wildman–Crippen LogP) is 3.15. The summed E-state index contributed by atoms with van der Waals surface area (Å²) in [6, 6.07) is 6.26. The van der Waals surface area contributed by atoms with E-state index < -0.39 is 0 Å². The molecule has 3 unspecified atom stereocenters. The first-order chi connectivity index (χ1) is 9.01. The minimum atomic E-state index is 0.174. The summed E-state index contributed by atoms with van der Waals surface area (Å²) in [6.45, 7) is 8.84. The second-order valence-electron chi connectivity index (χ2n) is 6.10. The molecular formula is C16H26N2O. The van der Waals surface area contributed by atoms with E-state index in [0.717, 1.165) is 36.2 Å². The van der Waals surface area contributed by atoms with Gasteiger partial charge in [0.25, 0.3) is 0 Å². The van der Waals surface area contributed by atoms with Gasteiger partial charge in [-0.1, -0.05) is 19.9 Å². The highest BCUT2D eigenvalue weighted by molar-refractivity contribution is 5.54. The van der Waals surface area contributed by atoms with Gasteiger partial charge in [0.1, 0.15) is 5.75 Å². The zero-order chi connectivity index (χ0) is 14.0. The molecule has 2 N–H and O–H groups in total. The molecule has 1 aliphatic heterocycles. The van der Waals surface area contributed by atoms with Crippen LogP contribution in [0.3, 0.4) is 0 Å². The average Bonchev–Trinajstić information content (AvgIpc) is 2.36. The van der Waals surface area contributed by atoms with E-state index in [2.05, 4.69) is 37.1 Å². The van der Waals surface area contributed by atoms with E-state index in [4.69, 9.17) is 0 Å². The Hall–Kier alpha value is -1.22. The first kappa shape index (κ1) is 14.2. The largest absolute Gasteiger partial charge is 0.508 e. The zero-order valence-corrected chi connectivity index (χ0v) is 12.5. The lowest BCUT2D eigenvalue weighted by Crippen LogP contribution is -2.38. The Morgan fingerprint density at radius 3 is 2.42 bits per heavy atom. The van der Waals surface area contributed by atoms with Gasteiger partial charge < -0.3 is 15.3 Å². The van der Waals surface area contributed by atoms with Crippen molar-refractivity contribution in [2.45, 2.75) is 33.2 Å². The molecule has 1 aromatic carbocycles. The minimum Gasteiger partial charge on any atom is -0.508 e. The van der Waals surface area contributed by atoms with Crippen molar-refractivity contribution in [2.75, 3.05) is 25.0 Å². The molecule has 0 aromatic heterocycles. The summed E-state index contributed by atoms with van der Waals surface area (Å²) >= 11 is 0. The molecule has 0 saturated carbocycles. The number of aromatic hydroxyl groups is 1. The Labute approximate surface area is 116 Å². The first-order valence-corrected chi connectivity index (χ1v) is 7.26. The van der Waals surface area contributed by atoms with Crippen LogP contribution in [0, 0.1) is 11.8 Å². The highest BCUT2D eigenvalue weighted by Gasteiger charge is 2.22. The van der Waals surface area contributed by atoms with E-state index in [-0.39, 0.29) is 6.04 Å². The van der Waals surface area contributed by atoms with E-state index in [1.54, 1.807) is 0 Å².